The van der Waals surface area contributed by atoms with Crippen LogP contribution in [0.5, 0.6) is 17.2 Å². The molecule has 0 aliphatic carbocycles. The Balaban J connectivity index is 1.89. The second-order valence-corrected chi connectivity index (χ2v) is 7.14. The molecule has 0 saturated carbocycles. The largest absolute Gasteiger partial charge is 0.493 e. The Hall–Kier alpha value is -3.38. The van der Waals surface area contributed by atoms with Gasteiger partial charge in [-0.15, -0.1) is 0 Å². The molecule has 0 saturated heterocycles. The molecule has 7 heteroatoms. The van der Waals surface area contributed by atoms with Crippen molar-refractivity contribution in [2.45, 2.75) is 6.17 Å². The van der Waals surface area contributed by atoms with Gasteiger partial charge in [0.15, 0.2) is 11.5 Å². The molecule has 1 heterocycles. The van der Waals surface area contributed by atoms with E-state index >= 15 is 0 Å². The molecule has 0 unspecified atom stereocenters. The minimum absolute atomic E-state index is 0.120. The van der Waals surface area contributed by atoms with Crippen LogP contribution < -0.4 is 24.4 Å². The van der Waals surface area contributed by atoms with Gasteiger partial charge in [0.05, 0.1) is 26.9 Å². The second kappa shape index (κ2) is 8.16. The van der Waals surface area contributed by atoms with Crippen LogP contribution in [0.4, 0.5) is 11.4 Å². The summed E-state index contributed by atoms with van der Waals surface area (Å²) in [6, 6.07) is 18.3. The van der Waals surface area contributed by atoms with Crippen molar-refractivity contribution in [2.75, 3.05) is 31.5 Å². The van der Waals surface area contributed by atoms with E-state index in [0.29, 0.717) is 33.5 Å². The average Bonchev–Trinajstić information content (AvgIpc) is 2.78. The first kappa shape index (κ1) is 19.9. The van der Waals surface area contributed by atoms with Crippen LogP contribution in [0.2, 0.25) is 5.02 Å². The van der Waals surface area contributed by atoms with Gasteiger partial charge in [0.25, 0.3) is 5.91 Å². The van der Waals surface area contributed by atoms with Gasteiger partial charge in [0, 0.05) is 22.0 Å². The van der Waals surface area contributed by atoms with Crippen LogP contribution in [0, 0.1) is 0 Å². The van der Waals surface area contributed by atoms with Gasteiger partial charge >= 0.3 is 0 Å². The summed E-state index contributed by atoms with van der Waals surface area (Å²) in [5, 5.41) is 4.07. The molecule has 1 amide bonds. The molecule has 1 atom stereocenters. The highest BCUT2D eigenvalue weighted by Crippen LogP contribution is 2.43. The number of carbonyl (C=O) groups is 1. The Kier molecular flexibility index (Phi) is 5.42. The number of hydrogen-bond donors (Lipinski definition) is 1. The van der Waals surface area contributed by atoms with E-state index in [2.05, 4.69) is 5.32 Å². The predicted octanol–water partition coefficient (Wildman–Crippen LogP) is 5.14. The first-order valence-electron chi connectivity index (χ1n) is 9.32. The van der Waals surface area contributed by atoms with E-state index in [4.69, 9.17) is 25.8 Å². The lowest BCUT2D eigenvalue weighted by atomic mass is 10.0. The number of ether oxygens (including phenoxy) is 3. The highest BCUT2D eigenvalue weighted by atomic mass is 35.5. The molecule has 3 aromatic carbocycles. The zero-order chi connectivity index (χ0) is 21.3. The summed E-state index contributed by atoms with van der Waals surface area (Å²) in [5.74, 6) is 1.39. The first-order chi connectivity index (χ1) is 14.6. The van der Waals surface area contributed by atoms with Gasteiger partial charge in [-0.25, -0.2) is 0 Å². The van der Waals surface area contributed by atoms with E-state index in [-0.39, 0.29) is 5.91 Å². The number of para-hydroxylation sites is 1. The Labute approximate surface area is 179 Å². The summed E-state index contributed by atoms with van der Waals surface area (Å²) in [5.41, 5.74) is 2.84. The topological polar surface area (TPSA) is 60.0 Å². The van der Waals surface area contributed by atoms with E-state index in [1.807, 2.05) is 42.5 Å². The smallest absolute Gasteiger partial charge is 0.262 e. The number of amides is 1. The molecule has 1 N–H and O–H groups in total. The third-order valence-corrected chi connectivity index (χ3v) is 5.29. The molecule has 4 rings (SSSR count). The Morgan fingerprint density at radius 2 is 1.53 bits per heavy atom. The van der Waals surface area contributed by atoms with Crippen molar-refractivity contribution >= 4 is 28.9 Å². The van der Waals surface area contributed by atoms with Crippen molar-refractivity contribution in [3.05, 3.63) is 76.8 Å². The number of benzene rings is 3. The number of carbonyl (C=O) groups excluding carboxylic acids is 1. The zero-order valence-corrected chi connectivity index (χ0v) is 17.6. The molecule has 0 aromatic heterocycles. The molecule has 3 aromatic rings. The predicted molar refractivity (Wildman–Crippen MR) is 117 cm³/mol. The van der Waals surface area contributed by atoms with Gasteiger partial charge < -0.3 is 19.5 Å². The van der Waals surface area contributed by atoms with E-state index < -0.39 is 6.17 Å². The average molecular weight is 425 g/mol. The van der Waals surface area contributed by atoms with Crippen molar-refractivity contribution in [3.63, 3.8) is 0 Å². The standard InChI is InChI=1S/C23H21ClN2O4/c1-28-19-12-14(13-20(29-2)21(19)30-3)22-25-18-7-5-4-6-17(18)23(27)26(22)16-10-8-15(24)9-11-16/h4-13,22,25H,1-3H3/t22-/m1/s1. The number of nitrogens with one attached hydrogen (secondary N) is 1. The van der Waals surface area contributed by atoms with Crippen molar-refractivity contribution in [3.8, 4) is 17.2 Å². The highest BCUT2D eigenvalue weighted by molar-refractivity contribution is 6.30. The van der Waals surface area contributed by atoms with E-state index in [0.717, 1.165) is 11.3 Å². The number of fused-ring (bicyclic) bond motifs is 1. The normalized spacial score (nSPS) is 15.3. The molecule has 0 spiro atoms. The van der Waals surface area contributed by atoms with E-state index in [9.17, 15) is 4.79 Å². The van der Waals surface area contributed by atoms with Crippen molar-refractivity contribution in [1.29, 1.82) is 0 Å². The minimum Gasteiger partial charge on any atom is -0.493 e. The van der Waals surface area contributed by atoms with E-state index in [1.54, 1.807) is 44.4 Å². The Bertz CT molecular complexity index is 1060. The third-order valence-electron chi connectivity index (χ3n) is 5.03. The fourth-order valence-corrected chi connectivity index (χ4v) is 3.74. The third kappa shape index (κ3) is 3.39. The molecule has 1 aliphatic rings. The van der Waals surface area contributed by atoms with Crippen LogP contribution in [-0.2, 0) is 0 Å². The quantitative estimate of drug-likeness (QED) is 0.614. The lowest BCUT2D eigenvalue weighted by molar-refractivity contribution is 0.0975. The van der Waals surface area contributed by atoms with Crippen LogP contribution in [0.25, 0.3) is 0 Å². The van der Waals surface area contributed by atoms with Crippen molar-refractivity contribution in [1.82, 2.24) is 0 Å². The monoisotopic (exact) mass is 424 g/mol. The van der Waals surface area contributed by atoms with Crippen LogP contribution in [0.3, 0.4) is 0 Å². The molecule has 30 heavy (non-hydrogen) atoms. The maximum Gasteiger partial charge on any atom is 0.262 e. The van der Waals surface area contributed by atoms with Gasteiger partial charge in [-0.3, -0.25) is 9.69 Å². The maximum absolute atomic E-state index is 13.5. The lowest BCUT2D eigenvalue weighted by Gasteiger charge is -2.38. The number of hydrogen-bond acceptors (Lipinski definition) is 5. The maximum atomic E-state index is 13.5. The fraction of sp³-hybridized carbons (Fsp3) is 0.174. The number of halogens is 1. The molecule has 154 valence electrons. The molecule has 0 radical (unpaired) electrons. The number of rotatable bonds is 5. The van der Waals surface area contributed by atoms with Crippen molar-refractivity contribution in [2.24, 2.45) is 0 Å². The summed E-state index contributed by atoms with van der Waals surface area (Å²) in [4.78, 5) is 15.2. The molecular formula is C23H21ClN2O4. The highest BCUT2D eigenvalue weighted by Gasteiger charge is 2.35. The van der Waals surface area contributed by atoms with Crippen LogP contribution in [-0.4, -0.2) is 27.2 Å². The minimum atomic E-state index is -0.498. The van der Waals surface area contributed by atoms with Gasteiger partial charge in [-0.05, 0) is 48.5 Å². The van der Waals surface area contributed by atoms with Gasteiger partial charge in [-0.2, -0.15) is 0 Å². The number of methoxy groups -OCH3 is 3. The van der Waals surface area contributed by atoms with Crippen molar-refractivity contribution < 1.29 is 19.0 Å². The Morgan fingerprint density at radius 1 is 0.900 bits per heavy atom. The fourth-order valence-electron chi connectivity index (χ4n) is 3.61. The molecule has 0 bridgehead atoms. The summed E-state index contributed by atoms with van der Waals surface area (Å²) in [7, 11) is 4.68. The Morgan fingerprint density at radius 3 is 2.13 bits per heavy atom. The second-order valence-electron chi connectivity index (χ2n) is 6.70. The summed E-state index contributed by atoms with van der Waals surface area (Å²) in [6.45, 7) is 0. The summed E-state index contributed by atoms with van der Waals surface area (Å²) < 4.78 is 16.5. The molecular weight excluding hydrogens is 404 g/mol. The molecule has 1 aliphatic heterocycles. The lowest BCUT2D eigenvalue weighted by Crippen LogP contribution is -2.43. The van der Waals surface area contributed by atoms with Crippen LogP contribution in [0.15, 0.2) is 60.7 Å². The summed E-state index contributed by atoms with van der Waals surface area (Å²) in [6.07, 6.45) is -0.498. The zero-order valence-electron chi connectivity index (χ0n) is 16.8. The van der Waals surface area contributed by atoms with Gasteiger partial charge in [-0.1, -0.05) is 23.7 Å². The number of nitrogens with zero attached hydrogens (tertiary/aromatic N) is 1. The summed E-state index contributed by atoms with van der Waals surface area (Å²) >= 11 is 6.07. The van der Waals surface area contributed by atoms with Crippen LogP contribution in [0.1, 0.15) is 22.1 Å². The van der Waals surface area contributed by atoms with Crippen LogP contribution >= 0.6 is 11.6 Å². The first-order valence-corrected chi connectivity index (χ1v) is 9.69. The molecule has 0 fully saturated rings. The molecule has 6 nitrogen and oxygen atoms in total. The number of anilines is 2. The van der Waals surface area contributed by atoms with Gasteiger partial charge in [0.2, 0.25) is 5.75 Å². The van der Waals surface area contributed by atoms with Gasteiger partial charge in [0.1, 0.15) is 6.17 Å². The SMILES string of the molecule is COc1cc([C@@H]2Nc3ccccc3C(=O)N2c2ccc(Cl)cc2)cc(OC)c1OC. The van der Waals surface area contributed by atoms with E-state index in [1.165, 1.54) is 0 Å².